The number of fused-ring (bicyclic) bond motifs is 1. The molecule has 10 heteroatoms. The molecule has 0 radical (unpaired) electrons. The van der Waals surface area contributed by atoms with Crippen molar-refractivity contribution in [1.82, 2.24) is 20.2 Å². The predicted molar refractivity (Wildman–Crippen MR) is 103 cm³/mol. The zero-order valence-electron chi connectivity index (χ0n) is 15.0. The lowest BCUT2D eigenvalue weighted by Crippen LogP contribution is -2.12. The highest BCUT2D eigenvalue weighted by molar-refractivity contribution is 7.98. The van der Waals surface area contributed by atoms with E-state index >= 15 is 0 Å². The van der Waals surface area contributed by atoms with Gasteiger partial charge in [-0.15, -0.1) is 10.2 Å². The molecule has 0 amide bonds. The zero-order chi connectivity index (χ0) is 20.4. The summed E-state index contributed by atoms with van der Waals surface area (Å²) in [7, 11) is 1.28. The number of hydrogen-bond acceptors (Lipinski definition) is 8. The number of benzene rings is 2. The number of carbonyl (C=O) groups is 1. The summed E-state index contributed by atoms with van der Waals surface area (Å²) in [4.78, 5) is 31.0. The maximum atomic E-state index is 13.8. The Balaban J connectivity index is 1.56. The molecule has 0 unspecified atom stereocenters. The number of rotatable bonds is 5. The summed E-state index contributed by atoms with van der Waals surface area (Å²) >= 11 is 1.14. The van der Waals surface area contributed by atoms with E-state index in [1.165, 1.54) is 31.4 Å². The maximum absolute atomic E-state index is 13.8. The van der Waals surface area contributed by atoms with E-state index in [0.29, 0.717) is 22.3 Å². The van der Waals surface area contributed by atoms with Crippen LogP contribution in [0.5, 0.6) is 0 Å². The fraction of sp³-hybridized carbons (Fsp3) is 0.105. The van der Waals surface area contributed by atoms with Gasteiger partial charge in [0.1, 0.15) is 11.6 Å². The summed E-state index contributed by atoms with van der Waals surface area (Å²) in [6, 6.07) is 10.6. The summed E-state index contributed by atoms with van der Waals surface area (Å²) < 4.78 is 24.0. The Hall–Kier alpha value is -3.53. The first-order chi connectivity index (χ1) is 14.0. The second kappa shape index (κ2) is 7.84. The molecule has 29 heavy (non-hydrogen) atoms. The number of halogens is 1. The van der Waals surface area contributed by atoms with Gasteiger partial charge in [0.2, 0.25) is 0 Å². The predicted octanol–water partition coefficient (Wildman–Crippen LogP) is 3.19. The number of ether oxygens (including phenoxy) is 1. The Morgan fingerprint density at radius 1 is 1.24 bits per heavy atom. The zero-order valence-corrected chi connectivity index (χ0v) is 15.8. The van der Waals surface area contributed by atoms with Crippen LogP contribution in [0.4, 0.5) is 4.39 Å². The van der Waals surface area contributed by atoms with Crippen LogP contribution in [0, 0.1) is 5.82 Å². The molecule has 0 bridgehead atoms. The SMILES string of the molecule is COC(=O)c1ccc2c(=O)[nH]c(CSc3nnc(-c4ccccc4F)o3)nc2c1. The van der Waals surface area contributed by atoms with Gasteiger partial charge in [-0.25, -0.2) is 14.2 Å². The number of esters is 1. The minimum absolute atomic E-state index is 0.0632. The Morgan fingerprint density at radius 2 is 2.07 bits per heavy atom. The Bertz CT molecular complexity index is 1270. The minimum Gasteiger partial charge on any atom is -0.465 e. The first-order valence-electron chi connectivity index (χ1n) is 8.37. The van der Waals surface area contributed by atoms with Gasteiger partial charge in [-0.05, 0) is 30.3 Å². The molecule has 0 saturated heterocycles. The van der Waals surface area contributed by atoms with Crippen LogP contribution in [0.2, 0.25) is 0 Å². The van der Waals surface area contributed by atoms with E-state index in [2.05, 4.69) is 24.9 Å². The summed E-state index contributed by atoms with van der Waals surface area (Å²) in [5, 5.41) is 8.28. The van der Waals surface area contributed by atoms with Gasteiger partial charge in [0.05, 0.1) is 34.9 Å². The second-order valence-corrected chi connectivity index (χ2v) is 6.80. The number of H-pyrrole nitrogens is 1. The lowest BCUT2D eigenvalue weighted by molar-refractivity contribution is 0.0601. The van der Waals surface area contributed by atoms with Gasteiger partial charge in [-0.3, -0.25) is 4.79 Å². The van der Waals surface area contributed by atoms with Crippen LogP contribution in [0.15, 0.2) is 56.9 Å². The lowest BCUT2D eigenvalue weighted by Gasteiger charge is -2.04. The number of methoxy groups -OCH3 is 1. The quantitative estimate of drug-likeness (QED) is 0.393. The summed E-state index contributed by atoms with van der Waals surface area (Å²) in [6.07, 6.45) is 0. The van der Waals surface area contributed by atoms with Crippen LogP contribution in [-0.4, -0.2) is 33.2 Å². The van der Waals surface area contributed by atoms with Gasteiger partial charge in [-0.1, -0.05) is 23.9 Å². The number of thioether (sulfide) groups is 1. The molecule has 0 aliphatic heterocycles. The molecule has 2 aromatic heterocycles. The second-order valence-electron chi connectivity index (χ2n) is 5.88. The standard InChI is InChI=1S/C19H13FN4O4S/c1-27-18(26)10-6-7-12-14(8-10)21-15(22-16(12)25)9-29-19-24-23-17(28-19)11-4-2-3-5-13(11)20/h2-8H,9H2,1H3,(H,21,22,25). The largest absolute Gasteiger partial charge is 0.465 e. The third kappa shape index (κ3) is 3.87. The van der Waals surface area contributed by atoms with Crippen LogP contribution < -0.4 is 5.56 Å². The van der Waals surface area contributed by atoms with Crippen molar-refractivity contribution in [2.45, 2.75) is 11.0 Å². The fourth-order valence-corrected chi connectivity index (χ4v) is 3.28. The molecule has 0 fully saturated rings. The molecule has 1 N–H and O–H groups in total. The van der Waals surface area contributed by atoms with Gasteiger partial charge in [0, 0.05) is 0 Å². The molecule has 8 nitrogen and oxygen atoms in total. The topological polar surface area (TPSA) is 111 Å². The maximum Gasteiger partial charge on any atom is 0.337 e. The number of nitrogens with zero attached hydrogens (tertiary/aromatic N) is 3. The van der Waals surface area contributed by atoms with E-state index in [1.54, 1.807) is 18.2 Å². The summed E-state index contributed by atoms with van der Waals surface area (Å²) in [6.45, 7) is 0. The molecule has 0 saturated carbocycles. The third-order valence-electron chi connectivity index (χ3n) is 4.02. The molecular formula is C19H13FN4O4S. The van der Waals surface area contributed by atoms with E-state index < -0.39 is 11.8 Å². The molecular weight excluding hydrogens is 399 g/mol. The fourth-order valence-electron chi connectivity index (χ4n) is 2.64. The van der Waals surface area contributed by atoms with Crippen molar-refractivity contribution >= 4 is 28.6 Å². The molecule has 146 valence electrons. The molecule has 4 rings (SSSR count). The number of carbonyl (C=O) groups excluding carboxylic acids is 1. The lowest BCUT2D eigenvalue weighted by atomic mass is 10.1. The smallest absolute Gasteiger partial charge is 0.337 e. The van der Waals surface area contributed by atoms with Gasteiger partial charge in [-0.2, -0.15) is 0 Å². The van der Waals surface area contributed by atoms with Gasteiger partial charge in [0.25, 0.3) is 16.7 Å². The highest BCUT2D eigenvalue weighted by atomic mass is 32.2. The first-order valence-corrected chi connectivity index (χ1v) is 9.36. The Kier molecular flexibility index (Phi) is 5.09. The van der Waals surface area contributed by atoms with Crippen molar-refractivity contribution in [3.63, 3.8) is 0 Å². The van der Waals surface area contributed by atoms with Crippen molar-refractivity contribution in [2.75, 3.05) is 7.11 Å². The van der Waals surface area contributed by atoms with Gasteiger partial charge < -0.3 is 14.1 Å². The molecule has 0 atom stereocenters. The Labute approximate surface area is 167 Å². The molecule has 0 aliphatic carbocycles. The van der Waals surface area contributed by atoms with Crippen molar-refractivity contribution < 1.29 is 18.3 Å². The highest BCUT2D eigenvalue weighted by Gasteiger charge is 2.14. The average Bonchev–Trinajstić information content (AvgIpc) is 3.20. The van der Waals surface area contributed by atoms with Crippen molar-refractivity contribution in [2.24, 2.45) is 0 Å². The summed E-state index contributed by atoms with van der Waals surface area (Å²) in [5.41, 5.74) is 0.534. The third-order valence-corrected chi connectivity index (χ3v) is 4.85. The molecule has 2 heterocycles. The number of nitrogens with one attached hydrogen (secondary N) is 1. The molecule has 4 aromatic rings. The first kappa shape index (κ1) is 18.8. The van der Waals surface area contributed by atoms with E-state index in [0.717, 1.165) is 11.8 Å². The van der Waals surface area contributed by atoms with Crippen LogP contribution in [0.1, 0.15) is 16.2 Å². The van der Waals surface area contributed by atoms with Crippen LogP contribution >= 0.6 is 11.8 Å². The van der Waals surface area contributed by atoms with Crippen LogP contribution in [-0.2, 0) is 10.5 Å². The monoisotopic (exact) mass is 412 g/mol. The van der Waals surface area contributed by atoms with Crippen molar-refractivity contribution in [1.29, 1.82) is 0 Å². The van der Waals surface area contributed by atoms with Crippen LogP contribution in [0.3, 0.4) is 0 Å². The van der Waals surface area contributed by atoms with Gasteiger partial charge >= 0.3 is 5.97 Å². The number of aromatic nitrogens is 4. The van der Waals surface area contributed by atoms with E-state index in [4.69, 9.17) is 4.42 Å². The van der Waals surface area contributed by atoms with E-state index in [9.17, 15) is 14.0 Å². The van der Waals surface area contributed by atoms with Gasteiger partial charge in [0.15, 0.2) is 0 Å². The average molecular weight is 412 g/mol. The minimum atomic E-state index is -0.517. The number of aromatic amines is 1. The molecule has 0 aliphatic rings. The van der Waals surface area contributed by atoms with Crippen molar-refractivity contribution in [3.8, 4) is 11.5 Å². The molecule has 2 aromatic carbocycles. The number of hydrogen-bond donors (Lipinski definition) is 1. The van der Waals surface area contributed by atoms with Crippen molar-refractivity contribution in [3.05, 3.63) is 70.0 Å². The molecule has 0 spiro atoms. The Morgan fingerprint density at radius 3 is 2.86 bits per heavy atom. The normalized spacial score (nSPS) is 11.0. The van der Waals surface area contributed by atoms with Crippen LogP contribution in [0.25, 0.3) is 22.4 Å². The summed E-state index contributed by atoms with van der Waals surface area (Å²) in [5.74, 6) is -0.327. The van der Waals surface area contributed by atoms with E-state index in [-0.39, 0.29) is 28.0 Å². The highest BCUT2D eigenvalue weighted by Crippen LogP contribution is 2.26. The van der Waals surface area contributed by atoms with E-state index in [1.807, 2.05) is 0 Å².